The van der Waals surface area contributed by atoms with Crippen molar-refractivity contribution in [3.05, 3.63) is 65.4 Å². The molecule has 3 aromatic rings. The maximum atomic E-state index is 11.4. The highest BCUT2D eigenvalue weighted by molar-refractivity contribution is 5.87. The number of nitrogens with zero attached hydrogens (tertiary/aromatic N) is 2. The Morgan fingerprint density at radius 3 is 2.57 bits per heavy atom. The summed E-state index contributed by atoms with van der Waals surface area (Å²) in [6.07, 6.45) is -0.543. The van der Waals surface area contributed by atoms with Gasteiger partial charge in [0.05, 0.1) is 31.6 Å². The molecule has 0 radical (unpaired) electrons. The van der Waals surface area contributed by atoms with Crippen molar-refractivity contribution in [1.82, 2.24) is 9.78 Å². The lowest BCUT2D eigenvalue weighted by atomic mass is 10.0. The maximum absolute atomic E-state index is 11.4. The first-order valence-electron chi connectivity index (χ1n) is 9.46. The highest BCUT2D eigenvalue weighted by Gasteiger charge is 2.26. The van der Waals surface area contributed by atoms with E-state index < -0.39 is 12.3 Å². The van der Waals surface area contributed by atoms with Crippen molar-refractivity contribution in [2.45, 2.75) is 12.9 Å². The zero-order chi connectivity index (χ0) is 21.1. The Morgan fingerprint density at radius 1 is 1.20 bits per heavy atom. The normalized spacial score (nSPS) is 14.1. The molecule has 0 saturated carbocycles. The van der Waals surface area contributed by atoms with Gasteiger partial charge in [0, 0.05) is 12.6 Å². The van der Waals surface area contributed by atoms with E-state index >= 15 is 0 Å². The van der Waals surface area contributed by atoms with Gasteiger partial charge in [-0.1, -0.05) is 24.3 Å². The minimum Gasteiger partial charge on any atom is -0.497 e. The maximum Gasteiger partial charge on any atom is 0.354 e. The van der Waals surface area contributed by atoms with Crippen LogP contribution in [0.3, 0.4) is 0 Å². The molecule has 0 aliphatic carbocycles. The molecule has 30 heavy (non-hydrogen) atoms. The molecule has 1 fully saturated rings. The zero-order valence-electron chi connectivity index (χ0n) is 16.7. The van der Waals surface area contributed by atoms with Crippen LogP contribution in [0.15, 0.2) is 48.5 Å². The molecule has 1 aliphatic heterocycles. The minimum atomic E-state index is -1.05. The molecule has 8 heteroatoms. The molecular formula is C22H22N2O6. The van der Waals surface area contributed by atoms with E-state index in [1.165, 1.54) is 10.7 Å². The first kappa shape index (κ1) is 19.9. The van der Waals surface area contributed by atoms with Crippen LogP contribution in [0.25, 0.3) is 11.3 Å². The number of ether oxygens (including phenoxy) is 4. The summed E-state index contributed by atoms with van der Waals surface area (Å²) in [5, 5.41) is 13.7. The monoisotopic (exact) mass is 410 g/mol. The van der Waals surface area contributed by atoms with Crippen LogP contribution in [0.4, 0.5) is 0 Å². The molecule has 0 spiro atoms. The Kier molecular flexibility index (Phi) is 5.69. The number of rotatable bonds is 7. The summed E-state index contributed by atoms with van der Waals surface area (Å²) in [4.78, 5) is 11.4. The third-order valence-corrected chi connectivity index (χ3v) is 4.84. The second kappa shape index (κ2) is 8.56. The van der Waals surface area contributed by atoms with Crippen molar-refractivity contribution in [2.75, 3.05) is 20.3 Å². The summed E-state index contributed by atoms with van der Waals surface area (Å²) in [5.74, 6) is 0.271. The number of para-hydroxylation sites is 1. The van der Waals surface area contributed by atoms with Crippen LogP contribution in [0, 0.1) is 0 Å². The van der Waals surface area contributed by atoms with E-state index in [-0.39, 0.29) is 5.69 Å². The molecule has 156 valence electrons. The largest absolute Gasteiger partial charge is 0.497 e. The Labute approximate surface area is 173 Å². The van der Waals surface area contributed by atoms with Crippen molar-refractivity contribution in [3.63, 3.8) is 0 Å². The van der Waals surface area contributed by atoms with E-state index in [4.69, 9.17) is 18.9 Å². The Hall–Kier alpha value is -3.36. The number of hydrogen-bond donors (Lipinski definition) is 1. The fraction of sp³-hybridized carbons (Fsp3) is 0.273. The molecule has 0 atom stereocenters. The SMILES string of the molecule is COc1ccc(COc2c(-c3cc(C(=O)O)n(C)n3)cccc2C2OCCO2)cc1. The van der Waals surface area contributed by atoms with Gasteiger partial charge in [-0.15, -0.1) is 0 Å². The third-order valence-electron chi connectivity index (χ3n) is 4.84. The predicted molar refractivity (Wildman–Crippen MR) is 108 cm³/mol. The van der Waals surface area contributed by atoms with Gasteiger partial charge in [0.15, 0.2) is 6.29 Å². The highest BCUT2D eigenvalue weighted by Crippen LogP contribution is 2.39. The molecule has 0 amide bonds. The first-order chi connectivity index (χ1) is 14.6. The quantitative estimate of drug-likeness (QED) is 0.638. The standard InChI is InChI=1S/C22H22N2O6/c1-24-19(21(25)26)12-18(23-24)16-4-3-5-17(22-28-10-11-29-22)20(16)30-13-14-6-8-15(27-2)9-7-14/h3-9,12,22H,10-11,13H2,1-2H3,(H,25,26). The van der Waals surface area contributed by atoms with Crippen LogP contribution >= 0.6 is 0 Å². The lowest BCUT2D eigenvalue weighted by Gasteiger charge is -2.18. The number of methoxy groups -OCH3 is 1. The van der Waals surface area contributed by atoms with Crippen LogP contribution in [-0.4, -0.2) is 41.2 Å². The first-order valence-corrected chi connectivity index (χ1v) is 9.46. The molecule has 1 saturated heterocycles. The van der Waals surface area contributed by atoms with Crippen LogP contribution in [0.5, 0.6) is 11.5 Å². The second-order valence-corrected chi connectivity index (χ2v) is 6.78. The molecule has 1 aliphatic rings. The third kappa shape index (κ3) is 4.00. The van der Waals surface area contributed by atoms with E-state index in [1.807, 2.05) is 42.5 Å². The minimum absolute atomic E-state index is 0.0878. The predicted octanol–water partition coefficient (Wildman–Crippen LogP) is 3.42. The summed E-state index contributed by atoms with van der Waals surface area (Å²) in [5.41, 5.74) is 2.95. The molecule has 2 aromatic carbocycles. The van der Waals surface area contributed by atoms with Crippen LogP contribution in [0.2, 0.25) is 0 Å². The van der Waals surface area contributed by atoms with E-state index in [1.54, 1.807) is 14.2 Å². The smallest absolute Gasteiger partial charge is 0.354 e. The van der Waals surface area contributed by atoms with Gasteiger partial charge in [0.25, 0.3) is 0 Å². The van der Waals surface area contributed by atoms with Gasteiger partial charge in [0.2, 0.25) is 0 Å². The van der Waals surface area contributed by atoms with Gasteiger partial charge in [-0.25, -0.2) is 4.79 Å². The van der Waals surface area contributed by atoms with E-state index in [0.717, 1.165) is 16.9 Å². The fourth-order valence-electron chi connectivity index (χ4n) is 3.32. The highest BCUT2D eigenvalue weighted by atomic mass is 16.7. The van der Waals surface area contributed by atoms with Gasteiger partial charge in [-0.3, -0.25) is 4.68 Å². The number of carbonyl (C=O) groups is 1. The number of hydrogen-bond acceptors (Lipinski definition) is 6. The Balaban J connectivity index is 1.71. The van der Waals surface area contributed by atoms with Crippen molar-refractivity contribution in [1.29, 1.82) is 0 Å². The molecule has 0 unspecified atom stereocenters. The lowest BCUT2D eigenvalue weighted by Crippen LogP contribution is -2.06. The van der Waals surface area contributed by atoms with Gasteiger partial charge in [-0.05, 0) is 29.8 Å². The molecular weight excluding hydrogens is 388 g/mol. The van der Waals surface area contributed by atoms with Crippen molar-refractivity contribution in [3.8, 4) is 22.8 Å². The molecule has 1 N–H and O–H groups in total. The van der Waals surface area contributed by atoms with E-state index in [9.17, 15) is 9.90 Å². The van der Waals surface area contributed by atoms with Crippen molar-refractivity contribution in [2.24, 2.45) is 7.05 Å². The molecule has 8 nitrogen and oxygen atoms in total. The van der Waals surface area contributed by atoms with Crippen LogP contribution in [0.1, 0.15) is 27.9 Å². The Bertz CT molecular complexity index is 1040. The number of benzene rings is 2. The van der Waals surface area contributed by atoms with Crippen molar-refractivity contribution >= 4 is 5.97 Å². The molecule has 4 rings (SSSR count). The van der Waals surface area contributed by atoms with Crippen molar-refractivity contribution < 1.29 is 28.8 Å². The summed E-state index contributed by atoms with van der Waals surface area (Å²) in [7, 11) is 3.21. The topological polar surface area (TPSA) is 92.0 Å². The average molecular weight is 410 g/mol. The van der Waals surface area contributed by atoms with Gasteiger partial charge < -0.3 is 24.1 Å². The number of aromatic nitrogens is 2. The number of aryl methyl sites for hydroxylation is 1. The molecule has 1 aromatic heterocycles. The molecule has 2 heterocycles. The average Bonchev–Trinajstić information content (AvgIpc) is 3.42. The second-order valence-electron chi connectivity index (χ2n) is 6.78. The van der Waals surface area contributed by atoms with Gasteiger partial charge in [-0.2, -0.15) is 5.10 Å². The van der Waals surface area contributed by atoms with E-state index in [0.29, 0.717) is 36.8 Å². The van der Waals surface area contributed by atoms with Gasteiger partial charge in [0.1, 0.15) is 23.8 Å². The lowest BCUT2D eigenvalue weighted by molar-refractivity contribution is -0.0458. The fourth-order valence-corrected chi connectivity index (χ4v) is 3.32. The number of aromatic carboxylic acids is 1. The number of carboxylic acids is 1. The van der Waals surface area contributed by atoms with Crippen LogP contribution < -0.4 is 9.47 Å². The molecule has 0 bridgehead atoms. The summed E-state index contributed by atoms with van der Waals surface area (Å²) >= 11 is 0. The summed E-state index contributed by atoms with van der Waals surface area (Å²) < 4.78 is 24.1. The zero-order valence-corrected chi connectivity index (χ0v) is 16.7. The number of carboxylic acid groups (broad SMARTS) is 1. The summed E-state index contributed by atoms with van der Waals surface area (Å²) in [6.45, 7) is 1.30. The summed E-state index contributed by atoms with van der Waals surface area (Å²) in [6, 6.07) is 14.7. The van der Waals surface area contributed by atoms with Gasteiger partial charge >= 0.3 is 5.97 Å². The van der Waals surface area contributed by atoms with Crippen LogP contribution in [-0.2, 0) is 23.1 Å². The van der Waals surface area contributed by atoms with E-state index in [2.05, 4.69) is 5.10 Å². The Morgan fingerprint density at radius 2 is 1.93 bits per heavy atom.